The van der Waals surface area contributed by atoms with Crippen LogP contribution in [0.3, 0.4) is 0 Å². The van der Waals surface area contributed by atoms with E-state index >= 15 is 0 Å². The third-order valence-corrected chi connectivity index (χ3v) is 5.99. The first-order chi connectivity index (χ1) is 12.1. The van der Waals surface area contributed by atoms with E-state index in [1.54, 1.807) is 12.1 Å². The zero-order valence-electron chi connectivity index (χ0n) is 13.4. The highest BCUT2D eigenvalue weighted by atomic mass is 35.5. The summed E-state index contributed by atoms with van der Waals surface area (Å²) in [5.41, 5.74) is 1.61. The Kier molecular flexibility index (Phi) is 6.07. The van der Waals surface area contributed by atoms with Gasteiger partial charge in [0.05, 0.1) is 23.3 Å². The minimum atomic E-state index is -0.328. The van der Waals surface area contributed by atoms with Gasteiger partial charge in [-0.15, -0.1) is 0 Å². The minimum absolute atomic E-state index is 0.0316. The summed E-state index contributed by atoms with van der Waals surface area (Å²) < 4.78 is 7.02. The number of hydrogen-bond donors (Lipinski definition) is 1. The van der Waals surface area contributed by atoms with E-state index in [4.69, 9.17) is 28.5 Å². The number of halogens is 2. The molecule has 0 bridgehead atoms. The molecule has 1 fully saturated rings. The van der Waals surface area contributed by atoms with Crippen molar-refractivity contribution in [1.82, 2.24) is 18.8 Å². The van der Waals surface area contributed by atoms with Crippen LogP contribution in [0.2, 0.25) is 10.0 Å². The summed E-state index contributed by atoms with van der Waals surface area (Å²) in [4.78, 5) is 12.2. The maximum Gasteiger partial charge on any atom is 0.287 e. The summed E-state index contributed by atoms with van der Waals surface area (Å²) >= 11 is 13.3. The zero-order chi connectivity index (χ0) is 17.8. The lowest BCUT2D eigenvalue weighted by Gasteiger charge is -2.31. The number of nitrogens with zero attached hydrogens (tertiary/aromatic N) is 4. The van der Waals surface area contributed by atoms with Gasteiger partial charge in [0.25, 0.3) is 5.56 Å². The number of rotatable bonds is 4. The summed E-state index contributed by atoms with van der Waals surface area (Å²) in [7, 11) is 0. The van der Waals surface area contributed by atoms with Gasteiger partial charge in [0, 0.05) is 36.5 Å². The quantitative estimate of drug-likeness (QED) is 0.783. The van der Waals surface area contributed by atoms with Crippen molar-refractivity contribution in [1.29, 1.82) is 5.26 Å². The van der Waals surface area contributed by atoms with Gasteiger partial charge in [-0.2, -0.15) is 10.4 Å². The second-order valence-corrected chi connectivity index (χ2v) is 7.59. The monoisotopic (exact) mass is 397 g/mol. The average molecular weight is 398 g/mol. The van der Waals surface area contributed by atoms with E-state index in [2.05, 4.69) is 20.2 Å². The highest BCUT2D eigenvalue weighted by Gasteiger charge is 2.24. The molecule has 0 radical (unpaired) electrons. The summed E-state index contributed by atoms with van der Waals surface area (Å²) in [6, 6.07) is 2.22. The molecule has 2 aliphatic rings. The molecule has 132 valence electrons. The van der Waals surface area contributed by atoms with Crippen LogP contribution in [0.25, 0.3) is 0 Å². The molecule has 0 aromatic carbocycles. The van der Waals surface area contributed by atoms with Crippen LogP contribution in [0.4, 0.5) is 0 Å². The van der Waals surface area contributed by atoms with Crippen molar-refractivity contribution in [3.63, 3.8) is 0 Å². The Balaban J connectivity index is 1.52. The van der Waals surface area contributed by atoms with Crippen LogP contribution < -0.4 is 10.3 Å². The van der Waals surface area contributed by atoms with Crippen LogP contribution in [0.15, 0.2) is 34.4 Å². The lowest BCUT2D eigenvalue weighted by molar-refractivity contribution is 0.268. The van der Waals surface area contributed by atoms with Crippen LogP contribution in [-0.4, -0.2) is 27.2 Å². The van der Waals surface area contributed by atoms with Crippen LogP contribution in [-0.2, 0) is 0 Å². The highest BCUT2D eigenvalue weighted by molar-refractivity contribution is 7.95. The summed E-state index contributed by atoms with van der Waals surface area (Å²) in [5, 5.41) is 13.2. The Bertz CT molecular complexity index is 806. The predicted octanol–water partition coefficient (Wildman–Crippen LogP) is 3.47. The molecule has 25 heavy (non-hydrogen) atoms. The molecule has 0 amide bonds. The van der Waals surface area contributed by atoms with E-state index in [9.17, 15) is 4.79 Å². The van der Waals surface area contributed by atoms with E-state index in [1.807, 2.05) is 12.2 Å². The molecule has 0 saturated carbocycles. The third-order valence-electron chi connectivity index (χ3n) is 4.27. The molecule has 0 unspecified atom stereocenters. The van der Waals surface area contributed by atoms with Gasteiger partial charge >= 0.3 is 0 Å². The van der Waals surface area contributed by atoms with Crippen LogP contribution in [0.5, 0.6) is 0 Å². The standard InChI is InChI=1S/C16H17Cl2N5OS/c17-14-10-20-23(16(24)15(14)18)13-5-7-22(8-6-13)25-21-12-3-1-11(9-19)2-4-12/h1,3,10,13,21H,2,4-8H2. The fraction of sp³-hybridized carbons (Fsp3) is 0.438. The predicted molar refractivity (Wildman–Crippen MR) is 100 cm³/mol. The second kappa shape index (κ2) is 8.28. The van der Waals surface area contributed by atoms with E-state index < -0.39 is 0 Å². The van der Waals surface area contributed by atoms with Gasteiger partial charge < -0.3 is 4.72 Å². The molecule has 1 aliphatic heterocycles. The molecule has 3 rings (SSSR count). The molecule has 0 atom stereocenters. The number of nitrogens with one attached hydrogen (secondary N) is 1. The van der Waals surface area contributed by atoms with E-state index in [0.717, 1.165) is 50.0 Å². The zero-order valence-corrected chi connectivity index (χ0v) is 15.7. The topological polar surface area (TPSA) is 74.0 Å². The summed E-state index contributed by atoms with van der Waals surface area (Å²) in [6.45, 7) is 1.67. The maximum atomic E-state index is 12.2. The number of hydrogen-bond acceptors (Lipinski definition) is 6. The van der Waals surface area contributed by atoms with Crippen LogP contribution in [0, 0.1) is 11.3 Å². The molecule has 1 aromatic rings. The fourth-order valence-electron chi connectivity index (χ4n) is 2.80. The minimum Gasteiger partial charge on any atom is -0.320 e. The molecule has 6 nitrogen and oxygen atoms in total. The van der Waals surface area contributed by atoms with Crippen molar-refractivity contribution in [2.75, 3.05) is 13.1 Å². The number of allylic oxidation sites excluding steroid dienone is 4. The van der Waals surface area contributed by atoms with Gasteiger partial charge in [-0.1, -0.05) is 23.2 Å². The molecule has 0 spiro atoms. The Morgan fingerprint density at radius 2 is 2.04 bits per heavy atom. The first kappa shape index (κ1) is 18.3. The van der Waals surface area contributed by atoms with Crippen molar-refractivity contribution in [2.24, 2.45) is 0 Å². The van der Waals surface area contributed by atoms with E-state index in [0.29, 0.717) is 0 Å². The molecular weight excluding hydrogens is 381 g/mol. The van der Waals surface area contributed by atoms with E-state index in [-0.39, 0.29) is 21.6 Å². The second-order valence-electron chi connectivity index (χ2n) is 5.91. The maximum absolute atomic E-state index is 12.2. The van der Waals surface area contributed by atoms with Gasteiger partial charge in [-0.25, -0.2) is 8.99 Å². The van der Waals surface area contributed by atoms with Crippen LogP contribution in [0.1, 0.15) is 31.7 Å². The largest absolute Gasteiger partial charge is 0.320 e. The van der Waals surface area contributed by atoms with Gasteiger partial charge in [0.15, 0.2) is 0 Å². The Morgan fingerprint density at radius 1 is 1.28 bits per heavy atom. The van der Waals surface area contributed by atoms with Crippen molar-refractivity contribution in [2.45, 2.75) is 31.7 Å². The number of aromatic nitrogens is 2. The first-order valence-electron chi connectivity index (χ1n) is 7.99. The van der Waals surface area contributed by atoms with E-state index in [1.165, 1.54) is 10.9 Å². The van der Waals surface area contributed by atoms with Crippen LogP contribution >= 0.6 is 35.3 Å². The molecule has 1 saturated heterocycles. The molecule has 1 N–H and O–H groups in total. The van der Waals surface area contributed by atoms with Gasteiger partial charge in [-0.05, 0) is 37.8 Å². The Labute approximate surface area is 160 Å². The fourth-order valence-corrected chi connectivity index (χ4v) is 3.87. The Hall–Kier alpha value is -1.46. The van der Waals surface area contributed by atoms with Crippen molar-refractivity contribution < 1.29 is 0 Å². The number of piperidine rings is 1. The lowest BCUT2D eigenvalue weighted by Crippen LogP contribution is -2.36. The summed E-state index contributed by atoms with van der Waals surface area (Å²) in [5.74, 6) is 0. The smallest absolute Gasteiger partial charge is 0.287 e. The number of nitriles is 1. The molecule has 1 aliphatic carbocycles. The molecule has 2 heterocycles. The van der Waals surface area contributed by atoms with Crippen molar-refractivity contribution in [3.8, 4) is 6.07 Å². The highest BCUT2D eigenvalue weighted by Crippen LogP contribution is 2.26. The molecule has 9 heteroatoms. The van der Waals surface area contributed by atoms with Crippen molar-refractivity contribution >= 4 is 35.3 Å². The third kappa shape index (κ3) is 4.39. The average Bonchev–Trinajstić information content (AvgIpc) is 2.65. The molecular formula is C16H17Cl2N5OS. The van der Waals surface area contributed by atoms with Crippen molar-refractivity contribution in [3.05, 3.63) is 50.0 Å². The van der Waals surface area contributed by atoms with Gasteiger partial charge in [-0.3, -0.25) is 4.79 Å². The normalized spacial score (nSPS) is 19.1. The molecule has 1 aromatic heterocycles. The van der Waals surface area contributed by atoms with Gasteiger partial charge in [0.2, 0.25) is 0 Å². The van der Waals surface area contributed by atoms with Gasteiger partial charge in [0.1, 0.15) is 5.02 Å². The lowest BCUT2D eigenvalue weighted by atomic mass is 10.0. The first-order valence-corrected chi connectivity index (χ1v) is 9.52. The summed E-state index contributed by atoms with van der Waals surface area (Å²) in [6.07, 6.45) is 8.51. The SMILES string of the molecule is N#CC1=CC=C(NSN2CCC(n3ncc(Cl)c(Cl)c3=O)CC2)CC1. The Morgan fingerprint density at radius 3 is 2.68 bits per heavy atom.